The maximum Gasteiger partial charge on any atom is 0.263 e. The lowest BCUT2D eigenvalue weighted by Gasteiger charge is -2.07. The van der Waals surface area contributed by atoms with Gasteiger partial charge in [0.1, 0.15) is 22.9 Å². The largest absolute Gasteiger partial charge is 0.507 e. The van der Waals surface area contributed by atoms with E-state index in [0.717, 1.165) is 17.7 Å². The van der Waals surface area contributed by atoms with E-state index in [-0.39, 0.29) is 17.8 Å². The third-order valence-electron chi connectivity index (χ3n) is 3.71. The molecule has 126 valence electrons. The van der Waals surface area contributed by atoms with Crippen molar-refractivity contribution in [3.63, 3.8) is 0 Å². The summed E-state index contributed by atoms with van der Waals surface area (Å²) in [4.78, 5) is 27.1. The van der Waals surface area contributed by atoms with Crippen LogP contribution in [0.25, 0.3) is 0 Å². The Morgan fingerprint density at radius 2 is 1.52 bits per heavy atom. The number of carbonyl (C=O) groups is 1. The van der Waals surface area contributed by atoms with E-state index >= 15 is 0 Å². The average Bonchev–Trinajstić information content (AvgIpc) is 2.57. The Hall–Kier alpha value is -3.28. The van der Waals surface area contributed by atoms with E-state index < -0.39 is 28.5 Å². The van der Waals surface area contributed by atoms with Gasteiger partial charge in [0, 0.05) is 23.7 Å². The van der Waals surface area contributed by atoms with Crippen molar-refractivity contribution in [1.82, 2.24) is 4.98 Å². The summed E-state index contributed by atoms with van der Waals surface area (Å²) >= 11 is 0. The van der Waals surface area contributed by atoms with E-state index in [2.05, 4.69) is 4.98 Å². The van der Waals surface area contributed by atoms with Crippen LogP contribution in [0.2, 0.25) is 0 Å². The lowest BCUT2D eigenvalue weighted by atomic mass is 10.0. The van der Waals surface area contributed by atoms with Gasteiger partial charge in [-0.25, -0.2) is 8.78 Å². The van der Waals surface area contributed by atoms with Gasteiger partial charge in [-0.2, -0.15) is 0 Å². The molecule has 0 radical (unpaired) electrons. The third kappa shape index (κ3) is 3.63. The Bertz CT molecular complexity index is 977. The molecule has 0 unspecified atom stereocenters. The number of rotatable bonds is 4. The molecule has 0 spiro atoms. The van der Waals surface area contributed by atoms with Gasteiger partial charge < -0.3 is 10.1 Å². The minimum Gasteiger partial charge on any atom is -0.507 e. The van der Waals surface area contributed by atoms with E-state index in [1.54, 1.807) is 12.1 Å². The van der Waals surface area contributed by atoms with E-state index in [0.29, 0.717) is 5.69 Å². The molecule has 0 aliphatic carbocycles. The molecule has 6 heteroatoms. The first-order chi connectivity index (χ1) is 11.9. The highest BCUT2D eigenvalue weighted by Crippen LogP contribution is 2.19. The molecule has 0 aliphatic heterocycles. The van der Waals surface area contributed by atoms with Crippen molar-refractivity contribution in [1.29, 1.82) is 0 Å². The van der Waals surface area contributed by atoms with Crippen LogP contribution in [0, 0.1) is 11.6 Å². The zero-order valence-electron chi connectivity index (χ0n) is 12.9. The quantitative estimate of drug-likeness (QED) is 0.716. The fraction of sp³-hybridized carbons (Fsp3) is 0.0526. The molecule has 0 amide bonds. The van der Waals surface area contributed by atoms with Gasteiger partial charge in [-0.1, -0.05) is 12.1 Å². The second-order valence-electron chi connectivity index (χ2n) is 5.52. The summed E-state index contributed by atoms with van der Waals surface area (Å²) in [5.41, 5.74) is 0.0493. The van der Waals surface area contributed by atoms with Crippen LogP contribution in [0.15, 0.2) is 59.4 Å². The summed E-state index contributed by atoms with van der Waals surface area (Å²) in [6.45, 7) is 0. The second kappa shape index (κ2) is 6.68. The van der Waals surface area contributed by atoms with Crippen LogP contribution in [-0.2, 0) is 6.42 Å². The molecule has 0 bridgehead atoms. The SMILES string of the molecule is O=C(c1ccc(F)cc1)c1c(O)cc(Cc2ccc(F)cc2)[nH]c1=O. The van der Waals surface area contributed by atoms with Crippen LogP contribution < -0.4 is 5.56 Å². The zero-order chi connectivity index (χ0) is 18.0. The molecular weight excluding hydrogens is 328 g/mol. The molecule has 0 fully saturated rings. The molecule has 1 aromatic heterocycles. The van der Waals surface area contributed by atoms with E-state index in [4.69, 9.17) is 0 Å². The zero-order valence-corrected chi connectivity index (χ0v) is 12.9. The summed E-state index contributed by atoms with van der Waals surface area (Å²) in [6, 6.07) is 11.7. The topological polar surface area (TPSA) is 70.2 Å². The molecule has 2 N–H and O–H groups in total. The van der Waals surface area contributed by atoms with Crippen LogP contribution in [0.5, 0.6) is 5.75 Å². The monoisotopic (exact) mass is 341 g/mol. The smallest absolute Gasteiger partial charge is 0.263 e. The highest BCUT2D eigenvalue weighted by atomic mass is 19.1. The first kappa shape index (κ1) is 16.6. The average molecular weight is 341 g/mol. The van der Waals surface area contributed by atoms with Gasteiger partial charge in [-0.05, 0) is 42.0 Å². The summed E-state index contributed by atoms with van der Waals surface area (Å²) in [7, 11) is 0. The number of halogens is 2. The van der Waals surface area contributed by atoms with E-state index in [1.807, 2.05) is 0 Å². The summed E-state index contributed by atoms with van der Waals surface area (Å²) in [5, 5.41) is 10.1. The first-order valence-corrected chi connectivity index (χ1v) is 7.44. The Morgan fingerprint density at radius 1 is 0.960 bits per heavy atom. The number of benzene rings is 2. The molecule has 25 heavy (non-hydrogen) atoms. The Balaban J connectivity index is 1.92. The Morgan fingerprint density at radius 3 is 2.08 bits per heavy atom. The lowest BCUT2D eigenvalue weighted by Crippen LogP contribution is -2.20. The van der Waals surface area contributed by atoms with Gasteiger partial charge in [-0.3, -0.25) is 9.59 Å². The van der Waals surface area contributed by atoms with E-state index in [1.165, 1.54) is 30.3 Å². The van der Waals surface area contributed by atoms with Gasteiger partial charge in [0.25, 0.3) is 5.56 Å². The van der Waals surface area contributed by atoms with Crippen LogP contribution in [0.3, 0.4) is 0 Å². The molecule has 0 aliphatic rings. The number of carbonyl (C=O) groups excluding carboxylic acids is 1. The normalized spacial score (nSPS) is 10.6. The highest BCUT2D eigenvalue weighted by molar-refractivity contribution is 6.10. The maximum atomic E-state index is 12.9. The summed E-state index contributed by atoms with van der Waals surface area (Å²) in [6.07, 6.45) is 0.258. The number of ketones is 1. The molecule has 0 saturated carbocycles. The van der Waals surface area contributed by atoms with Crippen molar-refractivity contribution in [2.24, 2.45) is 0 Å². The predicted molar refractivity (Wildman–Crippen MR) is 87.8 cm³/mol. The number of hydrogen-bond acceptors (Lipinski definition) is 3. The van der Waals surface area contributed by atoms with E-state index in [9.17, 15) is 23.5 Å². The number of aromatic hydroxyl groups is 1. The highest BCUT2D eigenvalue weighted by Gasteiger charge is 2.19. The minimum atomic E-state index is -0.744. The van der Waals surface area contributed by atoms with Gasteiger partial charge in [0.15, 0.2) is 0 Å². The minimum absolute atomic E-state index is 0.0912. The van der Waals surface area contributed by atoms with Crippen molar-refractivity contribution in [3.05, 3.63) is 99.0 Å². The van der Waals surface area contributed by atoms with Crippen LogP contribution >= 0.6 is 0 Å². The molecule has 3 aromatic rings. The predicted octanol–water partition coefficient (Wildman–Crippen LogP) is 3.18. The van der Waals surface area contributed by atoms with Crippen molar-refractivity contribution in [3.8, 4) is 5.75 Å². The Labute approximate surface area is 141 Å². The number of aromatic amines is 1. The van der Waals surface area contributed by atoms with Crippen LogP contribution in [0.4, 0.5) is 8.78 Å². The summed E-state index contributed by atoms with van der Waals surface area (Å²) < 4.78 is 25.9. The first-order valence-electron chi connectivity index (χ1n) is 7.44. The molecule has 1 heterocycles. The molecule has 2 aromatic carbocycles. The fourth-order valence-electron chi connectivity index (χ4n) is 2.48. The number of hydrogen-bond donors (Lipinski definition) is 2. The van der Waals surface area contributed by atoms with Gasteiger partial charge >= 0.3 is 0 Å². The van der Waals surface area contributed by atoms with Gasteiger partial charge in [0.05, 0.1) is 0 Å². The number of pyridine rings is 1. The van der Waals surface area contributed by atoms with Crippen molar-refractivity contribution in [2.75, 3.05) is 0 Å². The molecule has 0 atom stereocenters. The Kier molecular flexibility index (Phi) is 4.43. The molecule has 4 nitrogen and oxygen atoms in total. The van der Waals surface area contributed by atoms with Gasteiger partial charge in [-0.15, -0.1) is 0 Å². The van der Waals surface area contributed by atoms with Crippen molar-refractivity contribution < 1.29 is 18.7 Å². The standard InChI is InChI=1S/C19H13F2NO3/c20-13-5-1-11(2-6-13)9-15-10-16(23)17(19(25)22-15)18(24)12-3-7-14(21)8-4-12/h1-8,10H,9H2,(H2,22,23,25). The van der Waals surface area contributed by atoms with Crippen molar-refractivity contribution in [2.45, 2.75) is 6.42 Å². The molecule has 0 saturated heterocycles. The van der Waals surface area contributed by atoms with Crippen LogP contribution in [-0.4, -0.2) is 15.9 Å². The second-order valence-corrected chi connectivity index (χ2v) is 5.52. The summed E-state index contributed by atoms with van der Waals surface area (Å²) in [5.74, 6) is -2.05. The van der Waals surface area contributed by atoms with Crippen LogP contribution in [0.1, 0.15) is 27.2 Å². The number of aromatic nitrogens is 1. The molecule has 3 rings (SSSR count). The maximum absolute atomic E-state index is 12.9. The lowest BCUT2D eigenvalue weighted by molar-refractivity contribution is 0.103. The third-order valence-corrected chi connectivity index (χ3v) is 3.71. The number of H-pyrrole nitrogens is 1. The molecular formula is C19H13F2NO3. The number of nitrogens with one attached hydrogen (secondary N) is 1. The fourth-order valence-corrected chi connectivity index (χ4v) is 2.48. The van der Waals surface area contributed by atoms with Gasteiger partial charge in [0.2, 0.25) is 5.78 Å². The van der Waals surface area contributed by atoms with Crippen molar-refractivity contribution >= 4 is 5.78 Å².